The van der Waals surface area contributed by atoms with E-state index >= 15 is 0 Å². The average Bonchev–Trinajstić information content (AvgIpc) is 2.85. The van der Waals surface area contributed by atoms with Gasteiger partial charge in [-0.05, 0) is 24.3 Å². The molecule has 4 nitrogen and oxygen atoms in total. The van der Waals surface area contributed by atoms with E-state index in [4.69, 9.17) is 0 Å². The lowest BCUT2D eigenvalue weighted by Crippen LogP contribution is -2.36. The first-order valence-electron chi connectivity index (χ1n) is 7.35. The first kappa shape index (κ1) is 15.0. The molecule has 2 rings (SSSR count). The van der Waals surface area contributed by atoms with Crippen molar-refractivity contribution in [2.45, 2.75) is 51.0 Å². The van der Waals surface area contributed by atoms with E-state index in [1.165, 1.54) is 37.0 Å². The molecular weight excluding hydrogens is 272 g/mol. The van der Waals surface area contributed by atoms with Crippen LogP contribution in [0.5, 0.6) is 0 Å². The Morgan fingerprint density at radius 1 is 1.20 bits per heavy atom. The molecular formula is C15H22N2O2S. The second kappa shape index (κ2) is 8.04. The summed E-state index contributed by atoms with van der Waals surface area (Å²) in [7, 11) is 0. The molecule has 1 fully saturated rings. The smallest absolute Gasteiger partial charge is 0.252 e. The number of thiophene rings is 1. The van der Waals surface area contributed by atoms with Gasteiger partial charge in [0.1, 0.15) is 0 Å². The van der Waals surface area contributed by atoms with Crippen LogP contribution < -0.4 is 10.6 Å². The fourth-order valence-corrected chi connectivity index (χ4v) is 3.14. The maximum absolute atomic E-state index is 11.8. The SMILES string of the molecule is O=C(CCNC(=O)c1ccsc1)NC1CCCCCC1. The normalized spacial score (nSPS) is 16.4. The highest BCUT2D eigenvalue weighted by Gasteiger charge is 2.14. The summed E-state index contributed by atoms with van der Waals surface area (Å²) in [5.74, 6) is -0.0592. The number of rotatable bonds is 5. The zero-order valence-corrected chi connectivity index (χ0v) is 12.5. The van der Waals surface area contributed by atoms with Gasteiger partial charge in [-0.1, -0.05) is 25.7 Å². The molecule has 1 saturated carbocycles. The number of hydrogen-bond acceptors (Lipinski definition) is 3. The second-order valence-corrected chi connectivity index (χ2v) is 6.05. The van der Waals surface area contributed by atoms with Crippen LogP contribution in [-0.2, 0) is 4.79 Å². The standard InChI is InChI=1S/C15H22N2O2S/c18-14(17-13-5-3-1-2-4-6-13)7-9-16-15(19)12-8-10-20-11-12/h8,10-11,13H,1-7,9H2,(H,16,19)(H,17,18). The molecule has 0 saturated heterocycles. The Bertz CT molecular complexity index is 423. The first-order chi connectivity index (χ1) is 9.75. The second-order valence-electron chi connectivity index (χ2n) is 5.27. The topological polar surface area (TPSA) is 58.2 Å². The Hall–Kier alpha value is -1.36. The highest BCUT2D eigenvalue weighted by atomic mass is 32.1. The molecule has 20 heavy (non-hydrogen) atoms. The molecule has 1 aromatic rings. The fraction of sp³-hybridized carbons (Fsp3) is 0.600. The van der Waals surface area contributed by atoms with E-state index in [0.717, 1.165) is 12.8 Å². The van der Waals surface area contributed by atoms with Gasteiger partial charge in [-0.3, -0.25) is 9.59 Å². The van der Waals surface area contributed by atoms with Crippen molar-refractivity contribution >= 4 is 23.2 Å². The summed E-state index contributed by atoms with van der Waals surface area (Å²) in [5.41, 5.74) is 0.666. The average molecular weight is 294 g/mol. The van der Waals surface area contributed by atoms with Crippen molar-refractivity contribution in [1.29, 1.82) is 0 Å². The van der Waals surface area contributed by atoms with Crippen molar-refractivity contribution in [2.24, 2.45) is 0 Å². The van der Waals surface area contributed by atoms with Gasteiger partial charge in [0.2, 0.25) is 5.91 Å². The van der Waals surface area contributed by atoms with Crippen LogP contribution in [0, 0.1) is 0 Å². The maximum atomic E-state index is 11.8. The number of carbonyl (C=O) groups excluding carboxylic acids is 2. The van der Waals surface area contributed by atoms with Crippen LogP contribution in [0.25, 0.3) is 0 Å². The molecule has 1 aliphatic rings. The molecule has 0 atom stereocenters. The molecule has 5 heteroatoms. The van der Waals surface area contributed by atoms with Crippen LogP contribution in [0.1, 0.15) is 55.3 Å². The lowest BCUT2D eigenvalue weighted by Gasteiger charge is -2.16. The van der Waals surface area contributed by atoms with E-state index in [1.54, 1.807) is 11.4 Å². The summed E-state index contributed by atoms with van der Waals surface area (Å²) < 4.78 is 0. The van der Waals surface area contributed by atoms with Crippen LogP contribution >= 0.6 is 11.3 Å². The maximum Gasteiger partial charge on any atom is 0.252 e. The molecule has 0 spiro atoms. The van der Waals surface area contributed by atoms with Gasteiger partial charge >= 0.3 is 0 Å². The predicted molar refractivity (Wildman–Crippen MR) is 80.9 cm³/mol. The Morgan fingerprint density at radius 3 is 2.60 bits per heavy atom. The van der Waals surface area contributed by atoms with Gasteiger partial charge in [0, 0.05) is 30.0 Å². The first-order valence-corrected chi connectivity index (χ1v) is 8.30. The lowest BCUT2D eigenvalue weighted by molar-refractivity contribution is -0.121. The molecule has 2 amide bonds. The van der Waals surface area contributed by atoms with Gasteiger partial charge in [-0.15, -0.1) is 0 Å². The minimum Gasteiger partial charge on any atom is -0.353 e. The van der Waals surface area contributed by atoms with Crippen molar-refractivity contribution in [3.63, 3.8) is 0 Å². The zero-order chi connectivity index (χ0) is 14.2. The van der Waals surface area contributed by atoms with E-state index in [0.29, 0.717) is 24.6 Å². The molecule has 2 N–H and O–H groups in total. The summed E-state index contributed by atoms with van der Waals surface area (Å²) in [6.45, 7) is 0.396. The molecule has 1 heterocycles. The van der Waals surface area contributed by atoms with E-state index < -0.39 is 0 Å². The molecule has 0 unspecified atom stereocenters. The summed E-state index contributed by atoms with van der Waals surface area (Å²) in [6, 6.07) is 2.11. The summed E-state index contributed by atoms with van der Waals surface area (Å²) in [6.07, 6.45) is 7.51. The Balaban J connectivity index is 1.63. The van der Waals surface area contributed by atoms with E-state index in [2.05, 4.69) is 10.6 Å². The summed E-state index contributed by atoms with van der Waals surface area (Å²) >= 11 is 1.49. The third-order valence-corrected chi connectivity index (χ3v) is 4.32. The largest absolute Gasteiger partial charge is 0.353 e. The molecule has 0 bridgehead atoms. The molecule has 110 valence electrons. The van der Waals surface area contributed by atoms with Crippen LogP contribution in [0.4, 0.5) is 0 Å². The monoisotopic (exact) mass is 294 g/mol. The van der Waals surface area contributed by atoms with E-state index in [1.807, 2.05) is 5.38 Å². The van der Waals surface area contributed by atoms with Crippen molar-refractivity contribution < 1.29 is 9.59 Å². The molecule has 0 aromatic carbocycles. The fourth-order valence-electron chi connectivity index (χ4n) is 2.51. The van der Waals surface area contributed by atoms with Gasteiger partial charge in [0.15, 0.2) is 0 Å². The van der Waals surface area contributed by atoms with Crippen molar-refractivity contribution in [3.8, 4) is 0 Å². The minimum atomic E-state index is -0.103. The van der Waals surface area contributed by atoms with Crippen LogP contribution in [0.2, 0.25) is 0 Å². The zero-order valence-electron chi connectivity index (χ0n) is 11.7. The van der Waals surface area contributed by atoms with Crippen molar-refractivity contribution in [2.75, 3.05) is 6.54 Å². The summed E-state index contributed by atoms with van der Waals surface area (Å²) in [4.78, 5) is 23.5. The number of hydrogen-bond donors (Lipinski definition) is 2. The molecule has 1 aromatic heterocycles. The highest BCUT2D eigenvalue weighted by Crippen LogP contribution is 2.17. The number of nitrogens with one attached hydrogen (secondary N) is 2. The Kier molecular flexibility index (Phi) is 6.05. The molecule has 1 aliphatic carbocycles. The highest BCUT2D eigenvalue weighted by molar-refractivity contribution is 7.08. The number of carbonyl (C=O) groups is 2. The number of amides is 2. The Morgan fingerprint density at radius 2 is 1.95 bits per heavy atom. The third kappa shape index (κ3) is 4.96. The lowest BCUT2D eigenvalue weighted by atomic mass is 10.1. The van der Waals surface area contributed by atoms with Gasteiger partial charge < -0.3 is 10.6 Å². The molecule has 0 aliphatic heterocycles. The van der Waals surface area contributed by atoms with Gasteiger partial charge in [0.25, 0.3) is 5.91 Å². The van der Waals surface area contributed by atoms with Gasteiger partial charge in [-0.2, -0.15) is 11.3 Å². The van der Waals surface area contributed by atoms with Crippen molar-refractivity contribution in [3.05, 3.63) is 22.4 Å². The van der Waals surface area contributed by atoms with Crippen LogP contribution in [0.15, 0.2) is 16.8 Å². The minimum absolute atomic E-state index is 0.0440. The van der Waals surface area contributed by atoms with E-state index in [-0.39, 0.29) is 11.8 Å². The van der Waals surface area contributed by atoms with Gasteiger partial charge in [0.05, 0.1) is 0 Å². The van der Waals surface area contributed by atoms with Crippen molar-refractivity contribution in [1.82, 2.24) is 10.6 Å². The predicted octanol–water partition coefficient (Wildman–Crippen LogP) is 2.71. The van der Waals surface area contributed by atoms with E-state index in [9.17, 15) is 9.59 Å². The third-order valence-electron chi connectivity index (χ3n) is 3.64. The Labute approximate surface area is 124 Å². The quantitative estimate of drug-likeness (QED) is 0.820. The van der Waals surface area contributed by atoms with Crippen LogP contribution in [-0.4, -0.2) is 24.4 Å². The van der Waals surface area contributed by atoms with Gasteiger partial charge in [-0.25, -0.2) is 0 Å². The van der Waals surface area contributed by atoms with Crippen LogP contribution in [0.3, 0.4) is 0 Å². The summed E-state index contributed by atoms with van der Waals surface area (Å²) in [5, 5.41) is 9.53. The molecule has 0 radical (unpaired) electrons.